The molecule has 4 heteroatoms. The predicted octanol–water partition coefficient (Wildman–Crippen LogP) is 3.60. The Morgan fingerprint density at radius 2 is 1.95 bits per heavy atom. The lowest BCUT2D eigenvalue weighted by molar-refractivity contribution is -0.123. The highest BCUT2D eigenvalue weighted by molar-refractivity contribution is 6.30. The summed E-state index contributed by atoms with van der Waals surface area (Å²) in [6.45, 7) is 1.90. The maximum atomic E-state index is 11.8. The molecule has 3 nitrogen and oxygen atoms in total. The number of carbonyl (C=O) groups excluding carboxylic acids is 1. The van der Waals surface area contributed by atoms with Crippen LogP contribution in [0.5, 0.6) is 5.75 Å². The lowest BCUT2D eigenvalue weighted by atomic mass is 10.1. The second-order valence-corrected chi connectivity index (χ2v) is 4.88. The molecule has 1 unspecified atom stereocenters. The summed E-state index contributed by atoms with van der Waals surface area (Å²) in [5.74, 6) is 0.513. The quantitative estimate of drug-likeness (QED) is 0.913. The van der Waals surface area contributed by atoms with Crippen LogP contribution in [0.2, 0.25) is 5.02 Å². The Bertz CT molecular complexity index is 572. The standard InChI is InChI=1S/C16H16ClNO2/c1-12(13-6-5-7-14(17)10-13)18-16(19)11-20-15-8-3-2-4-9-15/h2-10,12H,11H2,1H3,(H,18,19). The molecule has 0 bridgehead atoms. The van der Waals surface area contributed by atoms with Crippen LogP contribution in [0, 0.1) is 0 Å². The highest BCUT2D eigenvalue weighted by Gasteiger charge is 2.10. The van der Waals surface area contributed by atoms with Crippen LogP contribution in [-0.2, 0) is 4.79 Å². The Balaban J connectivity index is 1.85. The summed E-state index contributed by atoms with van der Waals surface area (Å²) >= 11 is 5.93. The van der Waals surface area contributed by atoms with Gasteiger partial charge in [0.1, 0.15) is 5.75 Å². The van der Waals surface area contributed by atoms with E-state index in [0.717, 1.165) is 5.56 Å². The summed E-state index contributed by atoms with van der Waals surface area (Å²) in [7, 11) is 0. The van der Waals surface area contributed by atoms with Gasteiger partial charge in [-0.05, 0) is 36.8 Å². The fraction of sp³-hybridized carbons (Fsp3) is 0.188. The molecular formula is C16H16ClNO2. The number of rotatable bonds is 5. The Morgan fingerprint density at radius 3 is 2.65 bits per heavy atom. The van der Waals surface area contributed by atoms with Crippen molar-refractivity contribution in [2.45, 2.75) is 13.0 Å². The summed E-state index contributed by atoms with van der Waals surface area (Å²) in [6.07, 6.45) is 0. The molecule has 0 aromatic heterocycles. The summed E-state index contributed by atoms with van der Waals surface area (Å²) in [5.41, 5.74) is 0.963. The SMILES string of the molecule is CC(NC(=O)COc1ccccc1)c1cccc(Cl)c1. The molecular weight excluding hydrogens is 274 g/mol. The minimum absolute atomic E-state index is 0.00504. The van der Waals surface area contributed by atoms with Crippen molar-refractivity contribution >= 4 is 17.5 Å². The van der Waals surface area contributed by atoms with Crippen molar-refractivity contribution in [1.82, 2.24) is 5.32 Å². The molecule has 0 aliphatic carbocycles. The van der Waals surface area contributed by atoms with Crippen molar-refractivity contribution in [2.24, 2.45) is 0 Å². The molecule has 0 saturated carbocycles. The van der Waals surface area contributed by atoms with Crippen LogP contribution in [-0.4, -0.2) is 12.5 Å². The Labute approximate surface area is 123 Å². The number of carbonyl (C=O) groups is 1. The van der Waals surface area contributed by atoms with E-state index in [1.165, 1.54) is 0 Å². The highest BCUT2D eigenvalue weighted by Crippen LogP contribution is 2.17. The summed E-state index contributed by atoms with van der Waals surface area (Å²) in [5, 5.41) is 3.53. The van der Waals surface area contributed by atoms with Crippen LogP contribution in [0.15, 0.2) is 54.6 Å². The third kappa shape index (κ3) is 4.28. The molecule has 2 aromatic carbocycles. The number of amides is 1. The van der Waals surface area contributed by atoms with Crippen molar-refractivity contribution in [3.8, 4) is 5.75 Å². The molecule has 0 spiro atoms. The van der Waals surface area contributed by atoms with Crippen molar-refractivity contribution in [2.75, 3.05) is 6.61 Å². The van der Waals surface area contributed by atoms with Gasteiger partial charge in [0.25, 0.3) is 5.91 Å². The Kier molecular flexibility index (Phi) is 5.02. The zero-order chi connectivity index (χ0) is 14.4. The second kappa shape index (κ2) is 6.96. The van der Waals surface area contributed by atoms with E-state index in [-0.39, 0.29) is 18.6 Å². The van der Waals surface area contributed by atoms with Crippen molar-refractivity contribution in [3.63, 3.8) is 0 Å². The van der Waals surface area contributed by atoms with E-state index in [1.807, 2.05) is 55.5 Å². The van der Waals surface area contributed by atoms with Gasteiger partial charge in [0.15, 0.2) is 6.61 Å². The van der Waals surface area contributed by atoms with Crippen LogP contribution in [0.4, 0.5) is 0 Å². The van der Waals surface area contributed by atoms with Gasteiger partial charge in [0.2, 0.25) is 0 Å². The lowest BCUT2D eigenvalue weighted by Gasteiger charge is -2.15. The smallest absolute Gasteiger partial charge is 0.258 e. The number of para-hydroxylation sites is 1. The zero-order valence-corrected chi connectivity index (χ0v) is 11.9. The summed E-state index contributed by atoms with van der Waals surface area (Å²) in [6, 6.07) is 16.6. The number of ether oxygens (including phenoxy) is 1. The molecule has 1 amide bonds. The van der Waals surface area contributed by atoms with Gasteiger partial charge in [-0.25, -0.2) is 0 Å². The normalized spacial score (nSPS) is 11.7. The third-order valence-corrected chi connectivity index (χ3v) is 3.07. The van der Waals surface area contributed by atoms with Gasteiger partial charge in [-0.3, -0.25) is 4.79 Å². The van der Waals surface area contributed by atoms with Crippen molar-refractivity contribution < 1.29 is 9.53 Å². The van der Waals surface area contributed by atoms with Crippen LogP contribution >= 0.6 is 11.6 Å². The maximum absolute atomic E-state index is 11.8. The molecule has 0 aliphatic heterocycles. The number of benzene rings is 2. The minimum atomic E-state index is -0.165. The van der Waals surface area contributed by atoms with E-state index in [9.17, 15) is 4.79 Å². The van der Waals surface area contributed by atoms with Gasteiger partial charge in [0, 0.05) is 5.02 Å². The molecule has 0 saturated heterocycles. The molecule has 20 heavy (non-hydrogen) atoms. The third-order valence-electron chi connectivity index (χ3n) is 2.84. The molecule has 104 valence electrons. The van der Waals surface area contributed by atoms with E-state index in [4.69, 9.17) is 16.3 Å². The summed E-state index contributed by atoms with van der Waals surface area (Å²) in [4.78, 5) is 11.8. The van der Waals surface area contributed by atoms with Crippen LogP contribution < -0.4 is 10.1 Å². The molecule has 0 aliphatic rings. The van der Waals surface area contributed by atoms with Crippen LogP contribution in [0.3, 0.4) is 0 Å². The molecule has 1 N–H and O–H groups in total. The maximum Gasteiger partial charge on any atom is 0.258 e. The first-order valence-corrected chi connectivity index (χ1v) is 6.75. The minimum Gasteiger partial charge on any atom is -0.484 e. The van der Waals surface area contributed by atoms with E-state index >= 15 is 0 Å². The number of nitrogens with one attached hydrogen (secondary N) is 1. The van der Waals surface area contributed by atoms with E-state index in [1.54, 1.807) is 6.07 Å². The fourth-order valence-electron chi connectivity index (χ4n) is 1.81. The molecule has 0 radical (unpaired) electrons. The van der Waals surface area contributed by atoms with Crippen LogP contribution in [0.1, 0.15) is 18.5 Å². The molecule has 0 fully saturated rings. The van der Waals surface area contributed by atoms with Gasteiger partial charge in [-0.2, -0.15) is 0 Å². The average Bonchev–Trinajstić information content (AvgIpc) is 2.46. The van der Waals surface area contributed by atoms with Gasteiger partial charge in [-0.15, -0.1) is 0 Å². The van der Waals surface area contributed by atoms with Crippen LogP contribution in [0.25, 0.3) is 0 Å². The molecule has 0 heterocycles. The number of halogens is 1. The largest absolute Gasteiger partial charge is 0.484 e. The number of hydrogen-bond donors (Lipinski definition) is 1. The fourth-order valence-corrected chi connectivity index (χ4v) is 2.01. The monoisotopic (exact) mass is 289 g/mol. The zero-order valence-electron chi connectivity index (χ0n) is 11.2. The first-order chi connectivity index (χ1) is 9.65. The highest BCUT2D eigenvalue weighted by atomic mass is 35.5. The summed E-state index contributed by atoms with van der Waals surface area (Å²) < 4.78 is 5.39. The average molecular weight is 290 g/mol. The first kappa shape index (κ1) is 14.4. The van der Waals surface area contributed by atoms with E-state index in [2.05, 4.69) is 5.32 Å². The van der Waals surface area contributed by atoms with E-state index < -0.39 is 0 Å². The topological polar surface area (TPSA) is 38.3 Å². The molecule has 1 atom stereocenters. The predicted molar refractivity (Wildman–Crippen MR) is 79.9 cm³/mol. The van der Waals surface area contributed by atoms with Gasteiger partial charge < -0.3 is 10.1 Å². The number of hydrogen-bond acceptors (Lipinski definition) is 2. The Morgan fingerprint density at radius 1 is 1.20 bits per heavy atom. The van der Waals surface area contributed by atoms with Gasteiger partial charge in [0.05, 0.1) is 6.04 Å². The van der Waals surface area contributed by atoms with E-state index in [0.29, 0.717) is 10.8 Å². The first-order valence-electron chi connectivity index (χ1n) is 6.38. The van der Waals surface area contributed by atoms with Gasteiger partial charge in [-0.1, -0.05) is 41.9 Å². The van der Waals surface area contributed by atoms with Crippen molar-refractivity contribution in [3.05, 3.63) is 65.2 Å². The van der Waals surface area contributed by atoms with Crippen molar-refractivity contribution in [1.29, 1.82) is 0 Å². The molecule has 2 rings (SSSR count). The molecule has 2 aromatic rings. The van der Waals surface area contributed by atoms with Gasteiger partial charge >= 0.3 is 0 Å². The lowest BCUT2D eigenvalue weighted by Crippen LogP contribution is -2.31. The Hall–Kier alpha value is -2.00. The second-order valence-electron chi connectivity index (χ2n) is 4.45.